The van der Waals surface area contributed by atoms with Gasteiger partial charge in [-0.15, -0.1) is 0 Å². The van der Waals surface area contributed by atoms with Gasteiger partial charge in [0.2, 0.25) is 0 Å². The van der Waals surface area contributed by atoms with E-state index in [0.717, 1.165) is 49.3 Å². The minimum atomic E-state index is 0.877. The van der Waals surface area contributed by atoms with E-state index in [2.05, 4.69) is 47.1 Å². The Balaban J connectivity index is 2.14. The van der Waals surface area contributed by atoms with Crippen LogP contribution in [-0.4, -0.2) is 30.1 Å². The number of anilines is 2. The number of rotatable bonds is 7. The second kappa shape index (κ2) is 6.03. The highest BCUT2D eigenvalue weighted by Gasteiger charge is 2.23. The molecule has 1 aliphatic rings. The predicted molar refractivity (Wildman–Crippen MR) is 76.2 cm³/mol. The average molecular weight is 248 g/mol. The zero-order valence-electron chi connectivity index (χ0n) is 11.7. The Morgan fingerprint density at radius 1 is 1.33 bits per heavy atom. The van der Waals surface area contributed by atoms with Crippen LogP contribution < -0.4 is 10.2 Å². The van der Waals surface area contributed by atoms with E-state index in [-0.39, 0.29) is 0 Å². The second-order valence-electron chi connectivity index (χ2n) is 5.13. The molecule has 0 atom stereocenters. The molecule has 0 aliphatic heterocycles. The first-order valence-corrected chi connectivity index (χ1v) is 7.05. The van der Waals surface area contributed by atoms with Crippen molar-refractivity contribution < 1.29 is 0 Å². The van der Waals surface area contributed by atoms with Crippen LogP contribution in [0, 0.1) is 5.92 Å². The molecule has 1 aromatic heterocycles. The van der Waals surface area contributed by atoms with Gasteiger partial charge >= 0.3 is 0 Å². The first-order valence-electron chi connectivity index (χ1n) is 7.05. The minimum Gasteiger partial charge on any atom is -0.370 e. The van der Waals surface area contributed by atoms with Gasteiger partial charge in [0.15, 0.2) is 0 Å². The Kier molecular flexibility index (Phi) is 4.39. The molecule has 0 amide bonds. The maximum atomic E-state index is 4.66. The maximum absolute atomic E-state index is 4.66. The van der Waals surface area contributed by atoms with E-state index in [9.17, 15) is 0 Å². The minimum absolute atomic E-state index is 0.877. The summed E-state index contributed by atoms with van der Waals surface area (Å²) in [5.74, 6) is 3.83. The summed E-state index contributed by atoms with van der Waals surface area (Å²) < 4.78 is 0. The molecule has 2 rings (SSSR count). The van der Waals surface area contributed by atoms with Crippen LogP contribution in [0.25, 0.3) is 0 Å². The number of aromatic nitrogens is 2. The van der Waals surface area contributed by atoms with E-state index in [1.54, 1.807) is 0 Å². The van der Waals surface area contributed by atoms with Crippen molar-refractivity contribution in [2.45, 2.75) is 39.5 Å². The van der Waals surface area contributed by atoms with Crippen molar-refractivity contribution in [1.29, 1.82) is 0 Å². The largest absolute Gasteiger partial charge is 0.370 e. The molecule has 0 saturated heterocycles. The number of nitrogens with one attached hydrogen (secondary N) is 1. The topological polar surface area (TPSA) is 41.1 Å². The van der Waals surface area contributed by atoms with Crippen molar-refractivity contribution in [1.82, 2.24) is 9.97 Å². The molecule has 0 aromatic carbocycles. The molecule has 1 heterocycles. The summed E-state index contributed by atoms with van der Waals surface area (Å²) in [6.45, 7) is 6.27. The number of aryl methyl sites for hydroxylation is 1. The quantitative estimate of drug-likeness (QED) is 0.805. The van der Waals surface area contributed by atoms with Gasteiger partial charge in [0, 0.05) is 32.6 Å². The molecule has 0 bridgehead atoms. The molecule has 1 aliphatic carbocycles. The van der Waals surface area contributed by atoms with E-state index >= 15 is 0 Å². The lowest BCUT2D eigenvalue weighted by Gasteiger charge is -2.19. The van der Waals surface area contributed by atoms with Gasteiger partial charge in [-0.05, 0) is 32.1 Å². The molecule has 18 heavy (non-hydrogen) atoms. The zero-order valence-corrected chi connectivity index (χ0v) is 11.7. The Bertz CT molecular complexity index is 363. The Hall–Kier alpha value is -1.32. The first-order chi connectivity index (χ1) is 8.72. The van der Waals surface area contributed by atoms with Gasteiger partial charge < -0.3 is 10.2 Å². The summed E-state index contributed by atoms with van der Waals surface area (Å²) in [6.07, 6.45) is 4.78. The Morgan fingerprint density at radius 2 is 2.11 bits per heavy atom. The molecule has 1 fully saturated rings. The van der Waals surface area contributed by atoms with E-state index < -0.39 is 0 Å². The summed E-state index contributed by atoms with van der Waals surface area (Å²) in [7, 11) is 2.13. The highest BCUT2D eigenvalue weighted by molar-refractivity contribution is 5.49. The molecule has 1 saturated carbocycles. The van der Waals surface area contributed by atoms with Crippen LogP contribution in [0.3, 0.4) is 0 Å². The van der Waals surface area contributed by atoms with Crippen LogP contribution in [0.5, 0.6) is 0 Å². The highest BCUT2D eigenvalue weighted by Crippen LogP contribution is 2.30. The molecular formula is C14H24N4. The van der Waals surface area contributed by atoms with Gasteiger partial charge in [-0.3, -0.25) is 0 Å². The third-order valence-corrected chi connectivity index (χ3v) is 3.21. The van der Waals surface area contributed by atoms with Crippen molar-refractivity contribution in [3.63, 3.8) is 0 Å². The summed E-state index contributed by atoms with van der Waals surface area (Å²) in [5.41, 5.74) is 0. The standard InChI is InChI=1S/C14H24N4/c1-4-6-12-16-13(15-5-2)9-14(17-12)18(3)10-11-7-8-11/h9,11H,4-8,10H2,1-3H3,(H,15,16,17). The normalized spacial score (nSPS) is 14.6. The summed E-state index contributed by atoms with van der Waals surface area (Å²) in [5, 5.41) is 3.29. The monoisotopic (exact) mass is 248 g/mol. The van der Waals surface area contributed by atoms with Gasteiger partial charge in [0.1, 0.15) is 17.5 Å². The molecule has 4 nitrogen and oxygen atoms in total. The number of hydrogen-bond donors (Lipinski definition) is 1. The Labute approximate surface area is 110 Å². The molecule has 0 spiro atoms. The van der Waals surface area contributed by atoms with Crippen molar-refractivity contribution in [2.75, 3.05) is 30.4 Å². The van der Waals surface area contributed by atoms with Gasteiger partial charge in [-0.25, -0.2) is 9.97 Å². The third-order valence-electron chi connectivity index (χ3n) is 3.21. The lowest BCUT2D eigenvalue weighted by atomic mass is 10.3. The van der Waals surface area contributed by atoms with Gasteiger partial charge in [-0.2, -0.15) is 0 Å². The molecule has 4 heteroatoms. The highest BCUT2D eigenvalue weighted by atomic mass is 15.2. The lowest BCUT2D eigenvalue weighted by molar-refractivity contribution is 0.762. The van der Waals surface area contributed by atoms with E-state index in [4.69, 9.17) is 0 Å². The van der Waals surface area contributed by atoms with Crippen LogP contribution in [-0.2, 0) is 6.42 Å². The zero-order chi connectivity index (χ0) is 13.0. The molecule has 0 unspecified atom stereocenters. The van der Waals surface area contributed by atoms with Crippen molar-refractivity contribution in [3.05, 3.63) is 11.9 Å². The SMILES string of the molecule is CCCc1nc(NCC)cc(N(C)CC2CC2)n1. The van der Waals surface area contributed by atoms with E-state index in [1.807, 2.05) is 0 Å². The summed E-state index contributed by atoms with van der Waals surface area (Å²) >= 11 is 0. The van der Waals surface area contributed by atoms with Gasteiger partial charge in [0.05, 0.1) is 0 Å². The summed E-state index contributed by atoms with van der Waals surface area (Å²) in [6, 6.07) is 2.06. The maximum Gasteiger partial charge on any atom is 0.134 e. The van der Waals surface area contributed by atoms with Gasteiger partial charge in [0.25, 0.3) is 0 Å². The molecule has 1 N–H and O–H groups in total. The first kappa shape index (κ1) is 13.1. The Morgan fingerprint density at radius 3 is 2.72 bits per heavy atom. The number of nitrogens with zero attached hydrogens (tertiary/aromatic N) is 3. The molecule has 1 aromatic rings. The van der Waals surface area contributed by atoms with Gasteiger partial charge in [-0.1, -0.05) is 6.92 Å². The van der Waals surface area contributed by atoms with E-state index in [0.29, 0.717) is 0 Å². The van der Waals surface area contributed by atoms with Crippen LogP contribution in [0.4, 0.5) is 11.6 Å². The molecule has 100 valence electrons. The van der Waals surface area contributed by atoms with E-state index in [1.165, 1.54) is 12.8 Å². The fraction of sp³-hybridized carbons (Fsp3) is 0.714. The van der Waals surface area contributed by atoms with Crippen molar-refractivity contribution in [3.8, 4) is 0 Å². The van der Waals surface area contributed by atoms with Crippen LogP contribution in [0.15, 0.2) is 6.07 Å². The van der Waals surface area contributed by atoms with Crippen molar-refractivity contribution >= 4 is 11.6 Å². The van der Waals surface area contributed by atoms with Crippen LogP contribution in [0.2, 0.25) is 0 Å². The second-order valence-corrected chi connectivity index (χ2v) is 5.13. The third kappa shape index (κ3) is 3.59. The molecule has 0 radical (unpaired) electrons. The van der Waals surface area contributed by atoms with Crippen molar-refractivity contribution in [2.24, 2.45) is 5.92 Å². The lowest BCUT2D eigenvalue weighted by Crippen LogP contribution is -2.22. The molecular weight excluding hydrogens is 224 g/mol. The fourth-order valence-corrected chi connectivity index (χ4v) is 2.07. The summed E-state index contributed by atoms with van der Waals surface area (Å²) in [4.78, 5) is 11.5. The number of hydrogen-bond acceptors (Lipinski definition) is 4. The van der Waals surface area contributed by atoms with Crippen LogP contribution >= 0.6 is 0 Å². The van der Waals surface area contributed by atoms with Crippen LogP contribution in [0.1, 0.15) is 38.9 Å². The fourth-order valence-electron chi connectivity index (χ4n) is 2.07. The average Bonchev–Trinajstić information content (AvgIpc) is 3.13. The smallest absolute Gasteiger partial charge is 0.134 e. The predicted octanol–water partition coefficient (Wildman–Crippen LogP) is 2.71.